The van der Waals surface area contributed by atoms with Crippen LogP contribution in [-0.2, 0) is 16.1 Å². The molecule has 2 atom stereocenters. The Morgan fingerprint density at radius 2 is 1.91 bits per heavy atom. The molecule has 1 heterocycles. The van der Waals surface area contributed by atoms with Crippen molar-refractivity contribution in [2.75, 3.05) is 10.0 Å². The normalized spacial score (nSPS) is 18.0. The molecule has 1 aliphatic rings. The van der Waals surface area contributed by atoms with Gasteiger partial charge in [0.05, 0.1) is 5.69 Å². The van der Waals surface area contributed by atoms with E-state index in [4.69, 9.17) is 4.55 Å². The molecule has 0 saturated heterocycles. The molecule has 0 saturated carbocycles. The van der Waals surface area contributed by atoms with Gasteiger partial charge in [0.1, 0.15) is 5.92 Å². The van der Waals surface area contributed by atoms with Crippen LogP contribution in [0.5, 0.6) is 0 Å². The van der Waals surface area contributed by atoms with E-state index in [9.17, 15) is 9.00 Å². The van der Waals surface area contributed by atoms with Gasteiger partial charge in [0.25, 0.3) is 11.3 Å². The lowest BCUT2D eigenvalue weighted by atomic mass is 10.0. The first-order chi connectivity index (χ1) is 10.6. The number of carbonyl (C=O) groups is 1. The van der Waals surface area contributed by atoms with Gasteiger partial charge in [-0.1, -0.05) is 18.2 Å². The lowest BCUT2D eigenvalue weighted by Crippen LogP contribution is -2.12. The molecule has 1 amide bonds. The van der Waals surface area contributed by atoms with Crippen LogP contribution in [0, 0.1) is 0 Å². The minimum atomic E-state index is -2.10. The van der Waals surface area contributed by atoms with Crippen LogP contribution in [0.15, 0.2) is 53.5 Å². The number of para-hydroxylation sites is 1. The Bertz CT molecular complexity index is 759. The van der Waals surface area contributed by atoms with Crippen molar-refractivity contribution in [2.24, 2.45) is 4.99 Å². The number of nitrogens with one attached hydrogen (secondary N) is 2. The minimum absolute atomic E-state index is 0.0982. The summed E-state index contributed by atoms with van der Waals surface area (Å²) in [6.07, 6.45) is 1.60. The Balaban J connectivity index is 1.77. The van der Waals surface area contributed by atoms with E-state index in [1.165, 1.54) is 0 Å². The number of nitrogens with zero attached hydrogens (tertiary/aromatic N) is 1. The van der Waals surface area contributed by atoms with E-state index < -0.39 is 17.2 Å². The average Bonchev–Trinajstić information content (AvgIpc) is 2.81. The third-order valence-electron chi connectivity index (χ3n) is 3.28. The predicted molar refractivity (Wildman–Crippen MR) is 86.8 cm³/mol. The fourth-order valence-electron chi connectivity index (χ4n) is 2.26. The lowest BCUT2D eigenvalue weighted by Gasteiger charge is -2.03. The van der Waals surface area contributed by atoms with E-state index in [2.05, 4.69) is 15.0 Å². The maximum Gasteiger partial charge on any atom is 0.259 e. The largest absolute Gasteiger partial charge is 0.325 e. The van der Waals surface area contributed by atoms with Crippen molar-refractivity contribution in [1.82, 2.24) is 0 Å². The number of anilines is 2. The lowest BCUT2D eigenvalue weighted by molar-refractivity contribution is -0.115. The molecule has 0 radical (unpaired) electrons. The number of hydrogen-bond donors (Lipinski definition) is 3. The molecule has 2 aromatic carbocycles. The summed E-state index contributed by atoms with van der Waals surface area (Å²) < 4.78 is 21.7. The molecular weight excluding hydrogens is 302 g/mol. The van der Waals surface area contributed by atoms with Crippen LogP contribution in [-0.4, -0.2) is 20.9 Å². The van der Waals surface area contributed by atoms with Crippen LogP contribution in [0.3, 0.4) is 0 Å². The average molecular weight is 315 g/mol. The molecule has 0 aliphatic carbocycles. The van der Waals surface area contributed by atoms with Crippen molar-refractivity contribution in [3.63, 3.8) is 0 Å². The third kappa shape index (κ3) is 3.05. The molecule has 0 fully saturated rings. The van der Waals surface area contributed by atoms with Crippen LogP contribution in [0.25, 0.3) is 0 Å². The molecule has 0 bridgehead atoms. The zero-order valence-corrected chi connectivity index (χ0v) is 12.2. The Kier molecular flexibility index (Phi) is 3.99. The minimum Gasteiger partial charge on any atom is -0.325 e. The zero-order chi connectivity index (χ0) is 15.5. The maximum absolute atomic E-state index is 12.0. The molecule has 22 heavy (non-hydrogen) atoms. The highest BCUT2D eigenvalue weighted by Crippen LogP contribution is 2.31. The molecule has 3 N–H and O–H groups in total. The second-order valence-electron chi connectivity index (χ2n) is 4.73. The van der Waals surface area contributed by atoms with Crippen LogP contribution < -0.4 is 10.0 Å². The highest BCUT2D eigenvalue weighted by atomic mass is 32.2. The first kappa shape index (κ1) is 14.4. The number of carbonyl (C=O) groups excluding carboxylic acids is 1. The van der Waals surface area contributed by atoms with E-state index >= 15 is 0 Å². The van der Waals surface area contributed by atoms with Gasteiger partial charge in [-0.15, -0.1) is 0 Å². The Morgan fingerprint density at radius 3 is 2.64 bits per heavy atom. The first-order valence-electron chi connectivity index (χ1n) is 6.55. The van der Waals surface area contributed by atoms with Crippen molar-refractivity contribution in [2.45, 2.75) is 5.92 Å². The quantitative estimate of drug-likeness (QED) is 0.598. The predicted octanol–water partition coefficient (Wildman–Crippen LogP) is 2.67. The summed E-state index contributed by atoms with van der Waals surface area (Å²) in [5.41, 5.74) is 2.90. The number of fused-ring (bicyclic) bond motifs is 1. The number of amides is 1. The van der Waals surface area contributed by atoms with Crippen LogP contribution in [0.4, 0.5) is 17.1 Å². The highest BCUT2D eigenvalue weighted by Gasteiger charge is 2.28. The van der Waals surface area contributed by atoms with E-state index in [1.807, 2.05) is 24.3 Å². The third-order valence-corrected chi connectivity index (χ3v) is 3.69. The van der Waals surface area contributed by atoms with E-state index in [0.29, 0.717) is 11.4 Å². The summed E-state index contributed by atoms with van der Waals surface area (Å²) in [4.78, 5) is 16.3. The molecule has 0 spiro atoms. The van der Waals surface area contributed by atoms with Crippen molar-refractivity contribution in [1.29, 1.82) is 0 Å². The van der Waals surface area contributed by atoms with Crippen LogP contribution in [0.1, 0.15) is 11.5 Å². The molecule has 2 unspecified atom stereocenters. The zero-order valence-electron chi connectivity index (χ0n) is 11.4. The summed E-state index contributed by atoms with van der Waals surface area (Å²) in [5.74, 6) is -0.502. The highest BCUT2D eigenvalue weighted by molar-refractivity contribution is 7.80. The number of aliphatic imine (C=N–C) groups is 1. The van der Waals surface area contributed by atoms with Gasteiger partial charge in [0, 0.05) is 17.6 Å². The topological polar surface area (TPSA) is 90.8 Å². The van der Waals surface area contributed by atoms with Gasteiger partial charge in [-0.05, 0) is 35.9 Å². The molecule has 2 aromatic rings. The summed E-state index contributed by atoms with van der Waals surface area (Å²) >= 11 is -2.10. The Morgan fingerprint density at radius 1 is 1.18 bits per heavy atom. The molecule has 7 heteroatoms. The number of rotatable bonds is 4. The second-order valence-corrected chi connectivity index (χ2v) is 5.43. The van der Waals surface area contributed by atoms with E-state index in [-0.39, 0.29) is 5.91 Å². The number of benzene rings is 2. The van der Waals surface area contributed by atoms with E-state index in [0.717, 1.165) is 11.3 Å². The fraction of sp³-hybridized carbons (Fsp3) is 0.0667. The molecule has 6 nitrogen and oxygen atoms in total. The second kappa shape index (κ2) is 6.08. The summed E-state index contributed by atoms with van der Waals surface area (Å²) in [7, 11) is 0. The van der Waals surface area contributed by atoms with Gasteiger partial charge in [0.2, 0.25) is 5.91 Å². The monoisotopic (exact) mass is 315 g/mol. The van der Waals surface area contributed by atoms with Gasteiger partial charge in [-0.3, -0.25) is 19.1 Å². The summed E-state index contributed by atoms with van der Waals surface area (Å²) in [5, 5.41) is 2.81. The maximum atomic E-state index is 12.0. The molecule has 3 rings (SSSR count). The molecule has 1 aliphatic heterocycles. The van der Waals surface area contributed by atoms with Gasteiger partial charge in [0.15, 0.2) is 0 Å². The van der Waals surface area contributed by atoms with Gasteiger partial charge in [-0.2, -0.15) is 0 Å². The molecule has 112 valence electrons. The standard InChI is InChI=1S/C15H13N3O3S/c19-15-13(12-3-1-2-4-14(12)17-15)9-16-10-5-7-11(8-6-10)18-22(20)21/h1-9,13,18H,(H,17,19)(H,20,21). The van der Waals surface area contributed by atoms with Crippen molar-refractivity contribution in [3.05, 3.63) is 54.1 Å². The van der Waals surface area contributed by atoms with Crippen molar-refractivity contribution in [3.8, 4) is 0 Å². The van der Waals surface area contributed by atoms with Crippen LogP contribution >= 0.6 is 0 Å². The SMILES string of the molecule is O=C1Nc2ccccc2C1C=Nc1ccc(NS(=O)O)cc1. The Hall–Kier alpha value is -2.51. The van der Waals surface area contributed by atoms with Crippen molar-refractivity contribution >= 4 is 40.5 Å². The fourth-order valence-corrected chi connectivity index (χ4v) is 2.60. The van der Waals surface area contributed by atoms with Crippen LogP contribution in [0.2, 0.25) is 0 Å². The summed E-state index contributed by atoms with van der Waals surface area (Å²) in [6.45, 7) is 0. The van der Waals surface area contributed by atoms with Gasteiger partial charge >= 0.3 is 0 Å². The molecule has 0 aromatic heterocycles. The summed E-state index contributed by atoms with van der Waals surface area (Å²) in [6, 6.07) is 14.2. The van der Waals surface area contributed by atoms with Gasteiger partial charge in [-0.25, -0.2) is 4.21 Å². The Labute approximate surface area is 129 Å². The van der Waals surface area contributed by atoms with E-state index in [1.54, 1.807) is 30.5 Å². The number of hydrogen-bond acceptors (Lipinski definition) is 3. The molecular formula is C15H13N3O3S. The smallest absolute Gasteiger partial charge is 0.259 e. The van der Waals surface area contributed by atoms with Gasteiger partial charge < -0.3 is 5.32 Å². The van der Waals surface area contributed by atoms with Crippen molar-refractivity contribution < 1.29 is 13.6 Å². The first-order valence-corrected chi connectivity index (χ1v) is 7.66.